The molecule has 0 atom stereocenters. The van der Waals surface area contributed by atoms with Gasteiger partial charge in [-0.05, 0) is 48.6 Å². The number of ether oxygens (including phenoxy) is 1. The fourth-order valence-electron chi connectivity index (χ4n) is 3.08. The molecule has 0 saturated heterocycles. The quantitative estimate of drug-likeness (QED) is 0.457. The van der Waals surface area contributed by atoms with E-state index in [4.69, 9.17) is 4.74 Å². The Labute approximate surface area is 189 Å². The summed E-state index contributed by atoms with van der Waals surface area (Å²) in [6.45, 7) is 3.39. The number of hydrogen-bond acceptors (Lipinski definition) is 4. The average Bonchev–Trinajstić information content (AvgIpc) is 2.75. The fourth-order valence-corrected chi connectivity index (χ4v) is 3.54. The van der Waals surface area contributed by atoms with Gasteiger partial charge in [0, 0.05) is 27.7 Å². The van der Waals surface area contributed by atoms with Gasteiger partial charge in [0.15, 0.2) is 6.61 Å². The van der Waals surface area contributed by atoms with Crippen molar-refractivity contribution in [3.63, 3.8) is 0 Å². The molecule has 6 nitrogen and oxygen atoms in total. The first kappa shape index (κ1) is 22.5. The van der Waals surface area contributed by atoms with E-state index >= 15 is 0 Å². The van der Waals surface area contributed by atoms with Crippen LogP contribution in [0.25, 0.3) is 10.8 Å². The Morgan fingerprint density at radius 1 is 0.839 bits per heavy atom. The monoisotopic (exact) mass is 482 g/mol. The van der Waals surface area contributed by atoms with Gasteiger partial charge in [-0.2, -0.15) is 0 Å². The van der Waals surface area contributed by atoms with Crippen LogP contribution < -0.4 is 10.6 Å². The van der Waals surface area contributed by atoms with E-state index in [2.05, 4.69) is 26.6 Å². The van der Waals surface area contributed by atoms with Gasteiger partial charge in [0.05, 0.1) is 6.42 Å². The predicted octanol–water partition coefficient (Wildman–Crippen LogP) is 5.12. The summed E-state index contributed by atoms with van der Waals surface area (Å²) in [6, 6.07) is 17.1. The standard InChI is InChI=1S/C24H23BrN2O4/c1-15-13-21(16(2)12-19(15)25)27-23(29)14-31-24(30)11-10-22(28)26-20-9-5-7-17-6-3-4-8-18(17)20/h3-9,12-13H,10-11,14H2,1-2H3,(H,26,28)(H,27,29). The molecule has 31 heavy (non-hydrogen) atoms. The summed E-state index contributed by atoms with van der Waals surface area (Å²) in [5, 5.41) is 7.50. The molecule has 0 bridgehead atoms. The third kappa shape index (κ3) is 6.15. The van der Waals surface area contributed by atoms with Gasteiger partial charge >= 0.3 is 5.97 Å². The molecule has 3 aromatic carbocycles. The first-order chi connectivity index (χ1) is 14.8. The summed E-state index contributed by atoms with van der Waals surface area (Å²) in [4.78, 5) is 36.3. The number of aryl methyl sites for hydroxylation is 2. The highest BCUT2D eigenvalue weighted by Gasteiger charge is 2.13. The van der Waals surface area contributed by atoms with Crippen LogP contribution in [0.5, 0.6) is 0 Å². The van der Waals surface area contributed by atoms with Gasteiger partial charge in [-0.3, -0.25) is 14.4 Å². The van der Waals surface area contributed by atoms with Gasteiger partial charge in [-0.15, -0.1) is 0 Å². The number of nitrogens with one attached hydrogen (secondary N) is 2. The molecule has 0 saturated carbocycles. The Kier molecular flexibility index (Phi) is 7.41. The molecule has 0 fully saturated rings. The number of anilines is 2. The van der Waals surface area contributed by atoms with Crippen LogP contribution in [0.4, 0.5) is 11.4 Å². The van der Waals surface area contributed by atoms with E-state index in [1.165, 1.54) is 0 Å². The molecule has 0 unspecified atom stereocenters. The number of carbonyl (C=O) groups excluding carboxylic acids is 3. The van der Waals surface area contributed by atoms with Gasteiger partial charge in [0.2, 0.25) is 5.91 Å². The van der Waals surface area contributed by atoms with Crippen LogP contribution in [0, 0.1) is 13.8 Å². The summed E-state index contributed by atoms with van der Waals surface area (Å²) in [7, 11) is 0. The molecule has 0 radical (unpaired) electrons. The minimum absolute atomic E-state index is 0.0330. The summed E-state index contributed by atoms with van der Waals surface area (Å²) in [5.41, 5.74) is 3.23. The maximum absolute atomic E-state index is 12.2. The number of halogens is 1. The molecule has 2 amide bonds. The summed E-state index contributed by atoms with van der Waals surface area (Å²) >= 11 is 3.44. The minimum Gasteiger partial charge on any atom is -0.456 e. The molecule has 0 heterocycles. The fraction of sp³-hybridized carbons (Fsp3) is 0.208. The van der Waals surface area contributed by atoms with E-state index in [1.54, 1.807) is 0 Å². The molecule has 2 N–H and O–H groups in total. The number of benzene rings is 3. The highest BCUT2D eigenvalue weighted by Crippen LogP contribution is 2.25. The van der Waals surface area contributed by atoms with Gasteiger partial charge < -0.3 is 15.4 Å². The van der Waals surface area contributed by atoms with Gasteiger partial charge in [-0.1, -0.05) is 52.3 Å². The van der Waals surface area contributed by atoms with E-state index in [9.17, 15) is 14.4 Å². The third-order valence-corrected chi connectivity index (χ3v) is 5.62. The second-order valence-electron chi connectivity index (χ2n) is 7.20. The minimum atomic E-state index is -0.605. The van der Waals surface area contributed by atoms with Crippen LogP contribution in [0.15, 0.2) is 59.1 Å². The summed E-state index contributed by atoms with van der Waals surface area (Å²) in [5.74, 6) is -1.33. The van der Waals surface area contributed by atoms with Gasteiger partial charge in [0.1, 0.15) is 0 Å². The van der Waals surface area contributed by atoms with Crippen LogP contribution >= 0.6 is 15.9 Å². The largest absolute Gasteiger partial charge is 0.456 e. The van der Waals surface area contributed by atoms with Crippen LogP contribution in [0.2, 0.25) is 0 Å². The van der Waals surface area contributed by atoms with Gasteiger partial charge in [-0.25, -0.2) is 0 Å². The molecule has 0 aliphatic carbocycles. The lowest BCUT2D eigenvalue weighted by Crippen LogP contribution is -2.22. The molecule has 0 aliphatic heterocycles. The lowest BCUT2D eigenvalue weighted by atomic mass is 10.1. The molecule has 0 aliphatic rings. The maximum Gasteiger partial charge on any atom is 0.306 e. The van der Waals surface area contributed by atoms with Crippen molar-refractivity contribution in [1.82, 2.24) is 0 Å². The average molecular weight is 483 g/mol. The van der Waals surface area contributed by atoms with Crippen LogP contribution in [-0.2, 0) is 19.1 Å². The van der Waals surface area contributed by atoms with Crippen molar-refractivity contribution >= 4 is 55.9 Å². The van der Waals surface area contributed by atoms with Crippen molar-refractivity contribution in [3.05, 3.63) is 70.2 Å². The molecular weight excluding hydrogens is 460 g/mol. The van der Waals surface area contributed by atoms with Crippen molar-refractivity contribution in [2.24, 2.45) is 0 Å². The SMILES string of the molecule is Cc1cc(NC(=O)COC(=O)CCC(=O)Nc2cccc3ccccc23)c(C)cc1Br. The second-order valence-corrected chi connectivity index (χ2v) is 8.05. The molecule has 0 spiro atoms. The predicted molar refractivity (Wildman–Crippen MR) is 125 cm³/mol. The topological polar surface area (TPSA) is 84.5 Å². The number of carbonyl (C=O) groups is 3. The Hall–Kier alpha value is -3.19. The second kappa shape index (κ2) is 10.2. The maximum atomic E-state index is 12.2. The first-order valence-electron chi connectivity index (χ1n) is 9.83. The lowest BCUT2D eigenvalue weighted by molar-refractivity contribution is -0.147. The van der Waals surface area contributed by atoms with E-state index in [0.717, 1.165) is 26.4 Å². The van der Waals surface area contributed by atoms with Crippen molar-refractivity contribution < 1.29 is 19.1 Å². The number of fused-ring (bicyclic) bond motifs is 1. The smallest absolute Gasteiger partial charge is 0.306 e. The highest BCUT2D eigenvalue weighted by atomic mass is 79.9. The molecular formula is C24H23BrN2O4. The Bertz CT molecular complexity index is 1140. The Morgan fingerprint density at radius 2 is 1.55 bits per heavy atom. The van der Waals surface area contributed by atoms with Crippen molar-refractivity contribution in [2.45, 2.75) is 26.7 Å². The van der Waals surface area contributed by atoms with E-state index in [0.29, 0.717) is 11.4 Å². The van der Waals surface area contributed by atoms with E-state index in [1.807, 2.05) is 68.4 Å². The molecule has 3 aromatic rings. The Morgan fingerprint density at radius 3 is 2.35 bits per heavy atom. The van der Waals surface area contributed by atoms with E-state index < -0.39 is 18.5 Å². The van der Waals surface area contributed by atoms with Crippen LogP contribution in [0.1, 0.15) is 24.0 Å². The molecule has 3 rings (SSSR count). The number of hydrogen-bond donors (Lipinski definition) is 2. The third-order valence-electron chi connectivity index (χ3n) is 4.76. The molecule has 160 valence electrons. The van der Waals surface area contributed by atoms with E-state index in [-0.39, 0.29) is 18.7 Å². The van der Waals surface area contributed by atoms with Crippen molar-refractivity contribution in [3.8, 4) is 0 Å². The van der Waals surface area contributed by atoms with Gasteiger partial charge in [0.25, 0.3) is 5.91 Å². The molecule has 7 heteroatoms. The number of esters is 1. The first-order valence-corrected chi connectivity index (χ1v) is 10.6. The molecule has 0 aromatic heterocycles. The summed E-state index contributed by atoms with van der Waals surface area (Å²) < 4.78 is 5.96. The van der Waals surface area contributed by atoms with Crippen molar-refractivity contribution in [2.75, 3.05) is 17.2 Å². The highest BCUT2D eigenvalue weighted by molar-refractivity contribution is 9.10. The zero-order valence-corrected chi connectivity index (χ0v) is 18.9. The Balaban J connectivity index is 1.45. The normalized spacial score (nSPS) is 10.5. The van der Waals surface area contributed by atoms with Crippen LogP contribution in [0.3, 0.4) is 0 Å². The lowest BCUT2D eigenvalue weighted by Gasteiger charge is -2.11. The number of amides is 2. The zero-order chi connectivity index (χ0) is 22.4. The summed E-state index contributed by atoms with van der Waals surface area (Å²) in [6.07, 6.45) is -0.144. The van der Waals surface area contributed by atoms with Crippen LogP contribution in [-0.4, -0.2) is 24.4 Å². The zero-order valence-electron chi connectivity index (χ0n) is 17.3. The van der Waals surface area contributed by atoms with Crippen molar-refractivity contribution in [1.29, 1.82) is 0 Å². The number of rotatable bonds is 7.